The standard InChI is InChI=1S/C38H62N2.2CH2O2/c1-3-7-11-15-19-23-31-39-33-26-30-38(36-39)28-22-18-14-10-6-2-4-8-12-16-20-24-32-40-34-25-29-37(35-40)27-21-17-13-9-5-1;2*2-1-3/h1,3,25-26,29-30,33-36H,2,4-24,27-28,31-32H2;2*1H,(H,2,3)/q+2;;/p-2/b3-1-;;. The average molecular weight is 637 g/mol. The highest BCUT2D eigenvalue weighted by atomic mass is 16.3. The molecule has 0 radical (unpaired) electrons. The van der Waals surface area contributed by atoms with Gasteiger partial charge in [0.2, 0.25) is 0 Å². The fraction of sp³-hybridized carbons (Fsp3) is 0.650. The number of hydrogen-bond donors (Lipinski definition) is 0. The van der Waals surface area contributed by atoms with Crippen LogP contribution >= 0.6 is 0 Å². The predicted octanol–water partition coefficient (Wildman–Crippen LogP) is 6.93. The van der Waals surface area contributed by atoms with Gasteiger partial charge in [-0.3, -0.25) is 0 Å². The van der Waals surface area contributed by atoms with E-state index < -0.39 is 12.9 Å². The fourth-order valence-corrected chi connectivity index (χ4v) is 6.21. The van der Waals surface area contributed by atoms with Crippen LogP contribution in [0.25, 0.3) is 0 Å². The van der Waals surface area contributed by atoms with E-state index in [0.717, 1.165) is 0 Å². The lowest BCUT2D eigenvalue weighted by Gasteiger charge is -2.04. The summed E-state index contributed by atoms with van der Waals surface area (Å²) in [5.41, 5.74) is 3.04. The first-order valence-corrected chi connectivity index (χ1v) is 18.5. The summed E-state index contributed by atoms with van der Waals surface area (Å²) in [5, 5.41) is 16.5. The Morgan fingerprint density at radius 3 is 1.13 bits per heavy atom. The van der Waals surface area contributed by atoms with Crippen LogP contribution in [0, 0.1) is 0 Å². The van der Waals surface area contributed by atoms with Crippen molar-refractivity contribution in [3.8, 4) is 0 Å². The Hall–Kier alpha value is -3.02. The predicted molar refractivity (Wildman–Crippen MR) is 184 cm³/mol. The number of hydrogen-bond acceptors (Lipinski definition) is 4. The van der Waals surface area contributed by atoms with E-state index >= 15 is 0 Å². The van der Waals surface area contributed by atoms with Gasteiger partial charge in [-0.05, 0) is 76.3 Å². The SMILES string of the molecule is C1=C\CCCCCC[n+]2cccc(c2)CCCCCCCCCCCCCC[n+]2cccc(c2)CCCCCC/1.O=C[O-].O=C[O-]. The number of aryl methyl sites for hydroxylation is 4. The maximum atomic E-state index is 8.25. The molecule has 0 atom stereocenters. The van der Waals surface area contributed by atoms with Gasteiger partial charge in [-0.15, -0.1) is 0 Å². The third-order valence-corrected chi connectivity index (χ3v) is 8.76. The summed E-state index contributed by atoms with van der Waals surface area (Å²) < 4.78 is 4.86. The lowest BCUT2D eigenvalue weighted by molar-refractivity contribution is -0.697. The van der Waals surface area contributed by atoms with Crippen LogP contribution in [0.15, 0.2) is 61.2 Å². The van der Waals surface area contributed by atoms with Crippen LogP contribution in [0.1, 0.15) is 152 Å². The van der Waals surface area contributed by atoms with Crippen molar-refractivity contribution in [2.45, 2.75) is 167 Å². The van der Waals surface area contributed by atoms with Gasteiger partial charge in [0, 0.05) is 49.0 Å². The summed E-state index contributed by atoms with van der Waals surface area (Å²) >= 11 is 0. The first kappa shape index (κ1) is 41.0. The highest BCUT2D eigenvalue weighted by Crippen LogP contribution is 2.14. The highest BCUT2D eigenvalue weighted by Gasteiger charge is 2.05. The van der Waals surface area contributed by atoms with Gasteiger partial charge in [-0.1, -0.05) is 89.2 Å². The smallest absolute Gasteiger partial charge is 0.171 e. The topological polar surface area (TPSA) is 88.0 Å². The van der Waals surface area contributed by atoms with E-state index in [-0.39, 0.29) is 0 Å². The number of carboxylic acid groups (broad SMARTS) is 2. The minimum Gasteiger partial charge on any atom is -0.554 e. The second-order valence-electron chi connectivity index (χ2n) is 12.7. The number of rotatable bonds is 0. The zero-order chi connectivity index (χ0) is 33.2. The van der Waals surface area contributed by atoms with Crippen molar-refractivity contribution in [3.05, 3.63) is 72.3 Å². The molecule has 1 aliphatic heterocycles. The molecule has 0 N–H and O–H groups in total. The molecule has 0 amide bonds. The number of allylic oxidation sites excluding steroid dienone is 2. The Labute approximate surface area is 281 Å². The highest BCUT2D eigenvalue weighted by molar-refractivity contribution is 5.29. The second-order valence-corrected chi connectivity index (χ2v) is 12.7. The van der Waals surface area contributed by atoms with Crippen LogP contribution in [-0.4, -0.2) is 12.9 Å². The van der Waals surface area contributed by atoms with Gasteiger partial charge < -0.3 is 19.8 Å². The van der Waals surface area contributed by atoms with Crippen LogP contribution in [0.5, 0.6) is 0 Å². The maximum Gasteiger partial charge on any atom is 0.171 e. The molecule has 0 unspecified atom stereocenters. The van der Waals surface area contributed by atoms with E-state index in [2.05, 4.69) is 70.3 Å². The van der Waals surface area contributed by atoms with Crippen LogP contribution in [0.4, 0.5) is 0 Å². The first-order chi connectivity index (χ1) is 22.7. The van der Waals surface area contributed by atoms with E-state index in [1.165, 1.54) is 178 Å². The van der Waals surface area contributed by atoms with E-state index in [1.54, 1.807) is 0 Å². The molecule has 1 aliphatic rings. The molecule has 6 nitrogen and oxygen atoms in total. The number of carbonyl (C=O) groups excluding carboxylic acids is 2. The molecule has 46 heavy (non-hydrogen) atoms. The molecule has 2 aromatic rings. The van der Waals surface area contributed by atoms with E-state index in [0.29, 0.717) is 0 Å². The van der Waals surface area contributed by atoms with Gasteiger partial charge in [0.1, 0.15) is 13.1 Å². The third-order valence-electron chi connectivity index (χ3n) is 8.76. The van der Waals surface area contributed by atoms with E-state index in [4.69, 9.17) is 19.8 Å². The monoisotopic (exact) mass is 636 g/mol. The zero-order valence-electron chi connectivity index (χ0n) is 28.8. The van der Waals surface area contributed by atoms with Gasteiger partial charge in [0.05, 0.1) is 0 Å². The molecule has 0 saturated heterocycles. The largest absolute Gasteiger partial charge is 0.554 e. The Morgan fingerprint density at radius 1 is 0.457 bits per heavy atom. The lowest BCUT2D eigenvalue weighted by Crippen LogP contribution is -2.33. The Balaban J connectivity index is 0.00000163. The van der Waals surface area contributed by atoms with Gasteiger partial charge >= 0.3 is 0 Å². The molecular formula is C40H64N2O4. The molecule has 0 saturated carbocycles. The number of aromatic nitrogens is 2. The summed E-state index contributed by atoms with van der Waals surface area (Å²) in [7, 11) is 0. The van der Waals surface area contributed by atoms with Gasteiger partial charge in [0.25, 0.3) is 0 Å². The molecule has 2 aromatic heterocycles. The molecule has 0 aliphatic carbocycles. The maximum absolute atomic E-state index is 8.25. The van der Waals surface area contributed by atoms with Crippen molar-refractivity contribution in [1.82, 2.24) is 0 Å². The molecule has 6 heteroatoms. The number of nitrogens with zero attached hydrogens (tertiary/aromatic N) is 2. The van der Waals surface area contributed by atoms with Gasteiger partial charge in [-0.25, -0.2) is 9.13 Å². The summed E-state index contributed by atoms with van der Waals surface area (Å²) in [6.07, 6.45) is 46.9. The zero-order valence-corrected chi connectivity index (χ0v) is 28.8. The summed E-state index contributed by atoms with van der Waals surface area (Å²) in [6, 6.07) is 9.16. The van der Waals surface area contributed by atoms with E-state index in [1.807, 2.05) is 0 Å². The van der Waals surface area contributed by atoms with Gasteiger partial charge in [0.15, 0.2) is 24.8 Å². The van der Waals surface area contributed by atoms with Gasteiger partial charge in [-0.2, -0.15) is 0 Å². The van der Waals surface area contributed by atoms with Crippen molar-refractivity contribution in [2.24, 2.45) is 0 Å². The molecule has 3 rings (SSSR count). The minimum atomic E-state index is -0.500. The Kier molecular flexibility index (Phi) is 28.5. The lowest BCUT2D eigenvalue weighted by atomic mass is 10.0. The molecule has 258 valence electrons. The van der Waals surface area contributed by atoms with Crippen molar-refractivity contribution in [1.29, 1.82) is 0 Å². The molecule has 0 aromatic carbocycles. The fourth-order valence-electron chi connectivity index (χ4n) is 6.21. The third kappa shape index (κ3) is 25.2. The van der Waals surface area contributed by atoms with Crippen LogP contribution in [0.2, 0.25) is 0 Å². The number of carbonyl (C=O) groups is 2. The van der Waals surface area contributed by atoms with Crippen LogP contribution in [-0.2, 0) is 35.5 Å². The molecule has 0 fully saturated rings. The second kappa shape index (κ2) is 31.9. The van der Waals surface area contributed by atoms with Crippen molar-refractivity contribution in [2.75, 3.05) is 0 Å². The van der Waals surface area contributed by atoms with Crippen molar-refractivity contribution in [3.63, 3.8) is 0 Å². The van der Waals surface area contributed by atoms with Crippen LogP contribution < -0.4 is 19.3 Å². The molecular weight excluding hydrogens is 572 g/mol. The number of pyridine rings is 2. The summed E-state index contributed by atoms with van der Waals surface area (Å²) in [5.74, 6) is 0. The number of fused-ring (bicyclic) bond motifs is 4. The minimum absolute atomic E-state index is 0.500. The molecule has 3 heterocycles. The van der Waals surface area contributed by atoms with E-state index in [9.17, 15) is 0 Å². The summed E-state index contributed by atoms with van der Waals surface area (Å²) in [4.78, 5) is 16.5. The average Bonchev–Trinajstić information content (AvgIpc) is 3.06. The Bertz CT molecular complexity index is 931. The molecule has 4 bridgehead atoms. The quantitative estimate of drug-likeness (QED) is 0.178. The van der Waals surface area contributed by atoms with Crippen molar-refractivity contribution >= 4 is 12.9 Å². The van der Waals surface area contributed by atoms with Crippen LogP contribution in [0.3, 0.4) is 0 Å². The normalized spacial score (nSPS) is 18.4. The molecule has 0 spiro atoms. The summed E-state index contributed by atoms with van der Waals surface area (Å²) in [6.45, 7) is 1.36. The van der Waals surface area contributed by atoms with Crippen molar-refractivity contribution < 1.29 is 28.9 Å². The first-order valence-electron chi connectivity index (χ1n) is 18.5. The Morgan fingerprint density at radius 2 is 0.761 bits per heavy atom.